The van der Waals surface area contributed by atoms with Gasteiger partial charge >= 0.3 is 5.97 Å². The molecule has 3 saturated carbocycles. The van der Waals surface area contributed by atoms with Crippen LogP contribution >= 0.6 is 0 Å². The van der Waals surface area contributed by atoms with Gasteiger partial charge < -0.3 is 25.2 Å². The Labute approximate surface area is 211 Å². The number of carbonyl (C=O) groups excluding carboxylic acids is 1. The Hall–Kier alpha value is -0.950. The van der Waals surface area contributed by atoms with E-state index in [1.54, 1.807) is 6.08 Å². The van der Waals surface area contributed by atoms with E-state index in [0.29, 0.717) is 18.9 Å². The summed E-state index contributed by atoms with van der Waals surface area (Å²) in [5, 5.41) is 43.1. The molecular formula is C29H48O6. The van der Waals surface area contributed by atoms with Crippen LogP contribution in [0.15, 0.2) is 12.7 Å². The topological polar surface area (TPSA) is 107 Å². The summed E-state index contributed by atoms with van der Waals surface area (Å²) < 4.78 is 5.87. The molecule has 6 nitrogen and oxygen atoms in total. The highest BCUT2D eigenvalue weighted by atomic mass is 16.5. The molecule has 0 aromatic carbocycles. The lowest BCUT2D eigenvalue weighted by atomic mass is 9.48. The minimum atomic E-state index is -0.874. The summed E-state index contributed by atoms with van der Waals surface area (Å²) in [6.45, 7) is 14.9. The minimum Gasteiger partial charge on any atom is -0.465 e. The van der Waals surface area contributed by atoms with Crippen LogP contribution in [0, 0.1) is 58.2 Å². The van der Waals surface area contributed by atoms with Crippen LogP contribution in [0.2, 0.25) is 0 Å². The van der Waals surface area contributed by atoms with Crippen molar-refractivity contribution < 1.29 is 30.0 Å². The van der Waals surface area contributed by atoms with Crippen LogP contribution in [0.5, 0.6) is 0 Å². The van der Waals surface area contributed by atoms with E-state index in [-0.39, 0.29) is 64.6 Å². The summed E-state index contributed by atoms with van der Waals surface area (Å²) >= 11 is 0. The molecule has 0 unspecified atom stereocenters. The van der Waals surface area contributed by atoms with Crippen molar-refractivity contribution >= 4 is 5.97 Å². The minimum absolute atomic E-state index is 0.00179. The van der Waals surface area contributed by atoms with E-state index in [4.69, 9.17) is 4.74 Å². The third-order valence-corrected chi connectivity index (χ3v) is 11.4. The lowest BCUT2D eigenvalue weighted by Gasteiger charge is -2.56. The highest BCUT2D eigenvalue weighted by Gasteiger charge is 2.63. The molecule has 200 valence electrons. The fraction of sp³-hybridized carbons (Fsp3) is 0.897. The fourth-order valence-electron chi connectivity index (χ4n) is 9.28. The zero-order valence-electron chi connectivity index (χ0n) is 22.3. The molecule has 0 bridgehead atoms. The number of esters is 1. The van der Waals surface area contributed by atoms with Gasteiger partial charge in [-0.25, -0.2) is 0 Å². The molecule has 0 spiro atoms. The van der Waals surface area contributed by atoms with Crippen molar-refractivity contribution in [3.63, 3.8) is 0 Å². The molecule has 0 aromatic heterocycles. The highest BCUT2D eigenvalue weighted by Crippen LogP contribution is 2.66. The molecule has 4 fully saturated rings. The average molecular weight is 493 g/mol. The summed E-state index contributed by atoms with van der Waals surface area (Å²) in [7, 11) is 0. The van der Waals surface area contributed by atoms with Crippen molar-refractivity contribution in [2.75, 3.05) is 6.61 Å². The SMILES string of the molecule is C=C[C@H](C(C)C)[C@@H](O)[C@H](O)[C@@H](C)[C@H]1CC[C@H]2[C@@H]3COC(=O)[C@H]4C[C@H](O)[C@H](O)C[C@]4(C)[C@H]3CC[C@]12C. The monoisotopic (exact) mass is 492 g/mol. The van der Waals surface area contributed by atoms with Gasteiger partial charge in [-0.3, -0.25) is 4.79 Å². The van der Waals surface area contributed by atoms with E-state index >= 15 is 0 Å². The van der Waals surface area contributed by atoms with E-state index in [0.717, 1.165) is 25.7 Å². The van der Waals surface area contributed by atoms with Gasteiger partial charge in [0.2, 0.25) is 0 Å². The third-order valence-electron chi connectivity index (χ3n) is 11.4. The van der Waals surface area contributed by atoms with Gasteiger partial charge in [-0.15, -0.1) is 6.58 Å². The standard InChI is InChI=1S/C29H48O6/c1-7-17(15(2)3)26(33)25(32)16(4)19-8-9-20-18-14-35-27(34)22-12-23(30)24(31)13-29(22,6)21(18)10-11-28(19,20)5/h7,15-26,30-33H,1,8-14H2,2-6H3/t16-,17+,18-,19+,20-,21-,22+,23-,24+,25+,26+,28+,29+/m0/s1. The lowest BCUT2D eigenvalue weighted by Crippen LogP contribution is -2.55. The van der Waals surface area contributed by atoms with Crippen LogP contribution in [0.4, 0.5) is 0 Å². The second-order valence-corrected chi connectivity index (χ2v) is 13.3. The van der Waals surface area contributed by atoms with Crippen molar-refractivity contribution in [1.82, 2.24) is 0 Å². The molecule has 1 saturated heterocycles. The maximum Gasteiger partial charge on any atom is 0.309 e. The van der Waals surface area contributed by atoms with Crippen LogP contribution in [-0.4, -0.2) is 57.4 Å². The first-order valence-electron chi connectivity index (χ1n) is 13.9. The molecule has 1 heterocycles. The molecule has 4 aliphatic rings. The van der Waals surface area contributed by atoms with E-state index in [9.17, 15) is 25.2 Å². The highest BCUT2D eigenvalue weighted by molar-refractivity contribution is 5.74. The Morgan fingerprint density at radius 1 is 1.00 bits per heavy atom. The van der Waals surface area contributed by atoms with Crippen LogP contribution in [-0.2, 0) is 9.53 Å². The smallest absolute Gasteiger partial charge is 0.309 e. The Bertz CT molecular complexity index is 798. The second kappa shape index (κ2) is 9.74. The number of ether oxygens (including phenoxy) is 1. The first-order valence-corrected chi connectivity index (χ1v) is 13.9. The van der Waals surface area contributed by atoms with E-state index in [2.05, 4.69) is 27.4 Å². The summed E-state index contributed by atoms with van der Waals surface area (Å²) in [6.07, 6.45) is 3.10. The number of rotatable bonds is 6. The van der Waals surface area contributed by atoms with Gasteiger partial charge in [-0.1, -0.05) is 40.7 Å². The number of hydrogen-bond acceptors (Lipinski definition) is 6. The molecule has 6 heteroatoms. The first kappa shape index (κ1) is 27.1. The van der Waals surface area contributed by atoms with Gasteiger partial charge in [0.25, 0.3) is 0 Å². The van der Waals surface area contributed by atoms with Crippen molar-refractivity contribution in [2.45, 2.75) is 97.6 Å². The van der Waals surface area contributed by atoms with Crippen molar-refractivity contribution in [3.8, 4) is 0 Å². The first-order chi connectivity index (χ1) is 16.4. The Kier molecular flexibility index (Phi) is 7.54. The van der Waals surface area contributed by atoms with Gasteiger partial charge in [0.05, 0.1) is 36.9 Å². The predicted molar refractivity (Wildman–Crippen MR) is 134 cm³/mol. The van der Waals surface area contributed by atoms with Crippen LogP contribution < -0.4 is 0 Å². The van der Waals surface area contributed by atoms with E-state index < -0.39 is 24.4 Å². The summed E-state index contributed by atoms with van der Waals surface area (Å²) in [4.78, 5) is 13.0. The number of fused-ring (bicyclic) bond motifs is 5. The van der Waals surface area contributed by atoms with Gasteiger partial charge in [0, 0.05) is 5.92 Å². The Morgan fingerprint density at radius 3 is 2.29 bits per heavy atom. The number of aliphatic hydroxyl groups is 4. The van der Waals surface area contributed by atoms with Gasteiger partial charge in [0.1, 0.15) is 0 Å². The molecule has 0 amide bonds. The van der Waals surface area contributed by atoms with Crippen LogP contribution in [0.3, 0.4) is 0 Å². The average Bonchev–Trinajstić information content (AvgIpc) is 3.11. The van der Waals surface area contributed by atoms with Gasteiger partial charge in [-0.2, -0.15) is 0 Å². The van der Waals surface area contributed by atoms with Crippen molar-refractivity contribution in [3.05, 3.63) is 12.7 Å². The maximum atomic E-state index is 13.0. The summed E-state index contributed by atoms with van der Waals surface area (Å²) in [5.74, 6) is 0.509. The maximum absolute atomic E-state index is 13.0. The molecule has 0 radical (unpaired) electrons. The number of hydrogen-bond donors (Lipinski definition) is 4. The number of cyclic esters (lactones) is 1. The Balaban J connectivity index is 1.58. The largest absolute Gasteiger partial charge is 0.465 e. The van der Waals surface area contributed by atoms with Crippen LogP contribution in [0.1, 0.15) is 73.1 Å². The lowest BCUT2D eigenvalue weighted by molar-refractivity contribution is -0.162. The van der Waals surface area contributed by atoms with E-state index in [1.165, 1.54) is 0 Å². The molecular weight excluding hydrogens is 444 g/mol. The predicted octanol–water partition coefficient (Wildman–Crippen LogP) is 3.56. The van der Waals surface area contributed by atoms with Crippen molar-refractivity contribution in [2.24, 2.45) is 58.2 Å². The fourth-order valence-corrected chi connectivity index (χ4v) is 9.28. The molecule has 0 aromatic rings. The number of aliphatic hydroxyl groups excluding tert-OH is 4. The Morgan fingerprint density at radius 2 is 1.66 bits per heavy atom. The normalized spacial score (nSPS) is 46.9. The zero-order valence-corrected chi connectivity index (χ0v) is 22.3. The second-order valence-electron chi connectivity index (χ2n) is 13.3. The molecule has 4 N–H and O–H groups in total. The quantitative estimate of drug-likeness (QED) is 0.334. The van der Waals surface area contributed by atoms with Crippen LogP contribution in [0.25, 0.3) is 0 Å². The number of carbonyl (C=O) groups is 1. The van der Waals surface area contributed by atoms with Gasteiger partial charge in [0.15, 0.2) is 0 Å². The molecule has 35 heavy (non-hydrogen) atoms. The van der Waals surface area contributed by atoms with Crippen molar-refractivity contribution in [1.29, 1.82) is 0 Å². The summed E-state index contributed by atoms with van der Waals surface area (Å²) in [6, 6.07) is 0. The van der Waals surface area contributed by atoms with Gasteiger partial charge in [-0.05, 0) is 84.9 Å². The molecule has 4 rings (SSSR count). The molecule has 13 atom stereocenters. The molecule has 1 aliphatic heterocycles. The summed E-state index contributed by atoms with van der Waals surface area (Å²) in [5.41, 5.74) is -0.385. The zero-order chi connectivity index (χ0) is 25.9. The molecule has 3 aliphatic carbocycles. The van der Waals surface area contributed by atoms with E-state index in [1.807, 2.05) is 13.8 Å². The third kappa shape index (κ3) is 4.30.